The van der Waals surface area contributed by atoms with E-state index in [9.17, 15) is 9.59 Å². The summed E-state index contributed by atoms with van der Waals surface area (Å²) in [5.74, 6) is 0.745. The summed E-state index contributed by atoms with van der Waals surface area (Å²) in [5.41, 5.74) is 2.09. The highest BCUT2D eigenvalue weighted by Gasteiger charge is 2.31. The summed E-state index contributed by atoms with van der Waals surface area (Å²) in [5, 5.41) is 0.640. The molecule has 2 aromatic carbocycles. The summed E-state index contributed by atoms with van der Waals surface area (Å²) in [7, 11) is 0. The number of carbonyl (C=O) groups is 2. The van der Waals surface area contributed by atoms with Gasteiger partial charge in [0, 0.05) is 22.9 Å². The summed E-state index contributed by atoms with van der Waals surface area (Å²) in [4.78, 5) is 26.4. The Hall–Kier alpha value is -2.18. The molecule has 2 aromatic rings. The molecule has 5 nitrogen and oxygen atoms in total. The molecule has 30 heavy (non-hydrogen) atoms. The Kier molecular flexibility index (Phi) is 8.46. The molecule has 1 fully saturated rings. The fraction of sp³-hybridized carbons (Fsp3) is 0.391. The summed E-state index contributed by atoms with van der Waals surface area (Å²) in [6.07, 6.45) is 1.47. The number of rotatable bonds is 10. The molecule has 160 valence electrons. The van der Waals surface area contributed by atoms with E-state index in [1.807, 2.05) is 31.2 Å². The number of hydrogen-bond acceptors (Lipinski definition) is 5. The summed E-state index contributed by atoms with van der Waals surface area (Å²) in [6, 6.07) is 15.8. The Morgan fingerprint density at radius 2 is 2.07 bits per heavy atom. The van der Waals surface area contributed by atoms with Crippen LogP contribution >= 0.6 is 23.4 Å². The second-order valence-corrected chi connectivity index (χ2v) is 8.63. The zero-order valence-corrected chi connectivity index (χ0v) is 18.6. The van der Waals surface area contributed by atoms with Gasteiger partial charge in [0.1, 0.15) is 6.10 Å². The van der Waals surface area contributed by atoms with E-state index in [4.69, 9.17) is 21.1 Å². The monoisotopic (exact) mass is 447 g/mol. The van der Waals surface area contributed by atoms with E-state index < -0.39 is 0 Å². The lowest BCUT2D eigenvalue weighted by molar-refractivity contribution is -0.143. The molecule has 1 aliphatic heterocycles. The first-order valence-electron chi connectivity index (χ1n) is 10.1. The van der Waals surface area contributed by atoms with Gasteiger partial charge in [-0.1, -0.05) is 35.9 Å². The van der Waals surface area contributed by atoms with Gasteiger partial charge in [-0.05, 0) is 60.9 Å². The second-order valence-electron chi connectivity index (χ2n) is 7.02. The number of amides is 1. The maximum absolute atomic E-state index is 12.2. The smallest absolute Gasteiger partial charge is 0.410 e. The number of benzene rings is 2. The van der Waals surface area contributed by atoms with Crippen molar-refractivity contribution >= 4 is 35.4 Å². The number of nitrogens with zero attached hydrogens (tertiary/aromatic N) is 1. The van der Waals surface area contributed by atoms with Gasteiger partial charge in [-0.25, -0.2) is 4.79 Å². The van der Waals surface area contributed by atoms with Crippen molar-refractivity contribution < 1.29 is 19.1 Å². The first kappa shape index (κ1) is 22.5. The predicted molar refractivity (Wildman–Crippen MR) is 119 cm³/mol. The molecule has 0 N–H and O–H groups in total. The van der Waals surface area contributed by atoms with Gasteiger partial charge in [0.15, 0.2) is 0 Å². The van der Waals surface area contributed by atoms with Crippen LogP contribution in [-0.4, -0.2) is 42.4 Å². The molecule has 0 unspecified atom stereocenters. The highest BCUT2D eigenvalue weighted by Crippen LogP contribution is 2.28. The van der Waals surface area contributed by atoms with Gasteiger partial charge in [-0.3, -0.25) is 4.79 Å². The normalized spacial score (nSPS) is 15.9. The molecule has 1 amide bonds. The van der Waals surface area contributed by atoms with Crippen LogP contribution in [0.15, 0.2) is 53.4 Å². The molecule has 1 heterocycles. The van der Waals surface area contributed by atoms with E-state index in [0.717, 1.165) is 24.2 Å². The van der Waals surface area contributed by atoms with Gasteiger partial charge in [0.25, 0.3) is 0 Å². The first-order valence-corrected chi connectivity index (χ1v) is 11.5. The van der Waals surface area contributed by atoms with Gasteiger partial charge in [-0.15, -0.1) is 11.8 Å². The molecule has 0 aromatic heterocycles. The Morgan fingerprint density at radius 1 is 1.27 bits per heavy atom. The number of ether oxygens (including phenoxy) is 2. The SMILES string of the molecule is CCOC(=O)CCCSc1ccc(CCN2C[C@@H](c3cccc(Cl)c3)OC2=O)cc1. The van der Waals surface area contributed by atoms with Crippen LogP contribution in [0.3, 0.4) is 0 Å². The van der Waals surface area contributed by atoms with Crippen molar-refractivity contribution in [2.45, 2.75) is 37.2 Å². The van der Waals surface area contributed by atoms with Crippen molar-refractivity contribution in [1.82, 2.24) is 4.90 Å². The van der Waals surface area contributed by atoms with E-state index in [1.54, 1.807) is 16.7 Å². The Balaban J connectivity index is 1.41. The first-order chi connectivity index (χ1) is 14.5. The number of esters is 1. The minimum atomic E-state index is -0.284. The van der Waals surface area contributed by atoms with E-state index in [0.29, 0.717) is 31.1 Å². The molecule has 7 heteroatoms. The van der Waals surface area contributed by atoms with Gasteiger partial charge in [-0.2, -0.15) is 0 Å². The van der Waals surface area contributed by atoms with Crippen LogP contribution in [0, 0.1) is 0 Å². The van der Waals surface area contributed by atoms with Crippen molar-refractivity contribution in [2.24, 2.45) is 0 Å². The zero-order valence-electron chi connectivity index (χ0n) is 17.0. The third-order valence-electron chi connectivity index (χ3n) is 4.80. The maximum atomic E-state index is 12.2. The van der Waals surface area contributed by atoms with Gasteiger partial charge < -0.3 is 14.4 Å². The van der Waals surface area contributed by atoms with Gasteiger partial charge in [0.2, 0.25) is 0 Å². The van der Waals surface area contributed by atoms with Crippen LogP contribution in [0.4, 0.5) is 4.79 Å². The van der Waals surface area contributed by atoms with Crippen LogP contribution in [0.2, 0.25) is 5.02 Å². The molecular formula is C23H26ClNO4S. The largest absolute Gasteiger partial charge is 0.466 e. The minimum absolute atomic E-state index is 0.133. The molecule has 0 spiro atoms. The second kappa shape index (κ2) is 11.3. The van der Waals surface area contributed by atoms with Gasteiger partial charge >= 0.3 is 12.1 Å². The standard InChI is InChI=1S/C23H26ClNO4S/c1-2-28-22(26)7-4-14-30-20-10-8-17(9-11-20)12-13-25-16-21(29-23(25)27)18-5-3-6-19(24)15-18/h3,5-6,8-11,15,21H,2,4,7,12-14,16H2,1H3/t21-/m0/s1. The number of thioether (sulfide) groups is 1. The molecule has 1 saturated heterocycles. The van der Waals surface area contributed by atoms with Crippen molar-refractivity contribution in [1.29, 1.82) is 0 Å². The van der Waals surface area contributed by atoms with E-state index in [1.165, 1.54) is 10.5 Å². The Morgan fingerprint density at radius 3 is 2.80 bits per heavy atom. The number of carbonyl (C=O) groups excluding carboxylic acids is 2. The minimum Gasteiger partial charge on any atom is -0.466 e. The maximum Gasteiger partial charge on any atom is 0.410 e. The van der Waals surface area contributed by atoms with Gasteiger partial charge in [0.05, 0.1) is 13.2 Å². The lowest BCUT2D eigenvalue weighted by atomic mass is 10.1. The fourth-order valence-electron chi connectivity index (χ4n) is 3.23. The van der Waals surface area contributed by atoms with Crippen molar-refractivity contribution in [3.63, 3.8) is 0 Å². The summed E-state index contributed by atoms with van der Waals surface area (Å²) in [6.45, 7) is 3.40. The summed E-state index contributed by atoms with van der Waals surface area (Å²) < 4.78 is 10.4. The van der Waals surface area contributed by atoms with E-state index >= 15 is 0 Å². The molecular weight excluding hydrogens is 422 g/mol. The molecule has 0 bridgehead atoms. The zero-order chi connectivity index (χ0) is 21.3. The number of cyclic esters (lactones) is 1. The molecule has 0 aliphatic carbocycles. The van der Waals surface area contributed by atoms with Crippen molar-refractivity contribution in [3.8, 4) is 0 Å². The van der Waals surface area contributed by atoms with Crippen molar-refractivity contribution in [2.75, 3.05) is 25.4 Å². The third kappa shape index (κ3) is 6.67. The highest BCUT2D eigenvalue weighted by molar-refractivity contribution is 7.99. The fourth-order valence-corrected chi connectivity index (χ4v) is 4.28. The quantitative estimate of drug-likeness (QED) is 0.273. The summed E-state index contributed by atoms with van der Waals surface area (Å²) >= 11 is 7.77. The topological polar surface area (TPSA) is 55.8 Å². The van der Waals surface area contributed by atoms with Crippen LogP contribution in [0.1, 0.15) is 37.0 Å². The molecule has 0 saturated carbocycles. The Bertz CT molecular complexity index is 859. The molecule has 3 rings (SSSR count). The van der Waals surface area contributed by atoms with Crippen LogP contribution < -0.4 is 0 Å². The van der Waals surface area contributed by atoms with Crippen molar-refractivity contribution in [3.05, 3.63) is 64.7 Å². The third-order valence-corrected chi connectivity index (χ3v) is 6.13. The lowest BCUT2D eigenvalue weighted by Crippen LogP contribution is -2.26. The van der Waals surface area contributed by atoms with E-state index in [2.05, 4.69) is 24.3 Å². The van der Waals surface area contributed by atoms with Crippen LogP contribution in [-0.2, 0) is 20.7 Å². The van der Waals surface area contributed by atoms with Crippen LogP contribution in [0.5, 0.6) is 0 Å². The predicted octanol–water partition coefficient (Wildman–Crippen LogP) is 5.51. The number of hydrogen-bond donors (Lipinski definition) is 0. The van der Waals surface area contributed by atoms with Crippen LogP contribution in [0.25, 0.3) is 0 Å². The average molecular weight is 448 g/mol. The Labute approximate surface area is 186 Å². The lowest BCUT2D eigenvalue weighted by Gasteiger charge is -2.13. The average Bonchev–Trinajstić information content (AvgIpc) is 3.11. The molecule has 1 aliphatic rings. The highest BCUT2D eigenvalue weighted by atomic mass is 35.5. The number of halogens is 1. The van der Waals surface area contributed by atoms with E-state index in [-0.39, 0.29) is 18.2 Å². The molecule has 1 atom stereocenters. The molecule has 0 radical (unpaired) electrons.